The SMILES string of the molecule is CCOC(=O)c1sc(NC(=O)CCCS(=O)(=O)c2ccc(C)cc2)c(C(=O)NC(=O)OC)c1C. The molecular weight excluding hydrogens is 484 g/mol. The number of ether oxygens (including phenoxy) is 2. The number of thiophene rings is 1. The summed E-state index contributed by atoms with van der Waals surface area (Å²) in [5.41, 5.74) is 1.07. The molecule has 0 fully saturated rings. The van der Waals surface area contributed by atoms with Gasteiger partial charge in [-0.15, -0.1) is 11.3 Å². The third-order valence-corrected chi connectivity index (χ3v) is 7.69. The number of imide groups is 1. The first-order chi connectivity index (χ1) is 16.0. The van der Waals surface area contributed by atoms with Crippen LogP contribution < -0.4 is 10.6 Å². The Kier molecular flexibility index (Phi) is 9.33. The van der Waals surface area contributed by atoms with Crippen molar-refractivity contribution in [3.8, 4) is 0 Å². The van der Waals surface area contributed by atoms with E-state index in [1.54, 1.807) is 19.1 Å². The van der Waals surface area contributed by atoms with Crippen LogP contribution in [-0.2, 0) is 24.1 Å². The van der Waals surface area contributed by atoms with E-state index in [1.807, 2.05) is 12.2 Å². The summed E-state index contributed by atoms with van der Waals surface area (Å²) < 4.78 is 34.3. The lowest BCUT2D eigenvalue weighted by atomic mass is 10.1. The molecule has 0 atom stereocenters. The van der Waals surface area contributed by atoms with Gasteiger partial charge in [0.05, 0.1) is 29.9 Å². The van der Waals surface area contributed by atoms with Gasteiger partial charge in [-0.1, -0.05) is 17.7 Å². The molecule has 0 unspecified atom stereocenters. The number of methoxy groups -OCH3 is 1. The molecule has 0 saturated heterocycles. The van der Waals surface area contributed by atoms with Crippen molar-refractivity contribution in [3.05, 3.63) is 45.8 Å². The number of hydrogen-bond donors (Lipinski definition) is 2. The molecular formula is C22H26N2O8S2. The Balaban J connectivity index is 2.15. The van der Waals surface area contributed by atoms with Crippen LogP contribution in [0.3, 0.4) is 0 Å². The maximum absolute atomic E-state index is 12.6. The van der Waals surface area contributed by atoms with Gasteiger partial charge in [-0.25, -0.2) is 18.0 Å². The number of amides is 3. The van der Waals surface area contributed by atoms with Gasteiger partial charge >= 0.3 is 12.1 Å². The van der Waals surface area contributed by atoms with Crippen LogP contribution in [-0.4, -0.2) is 51.8 Å². The van der Waals surface area contributed by atoms with Gasteiger partial charge in [0.15, 0.2) is 9.84 Å². The Morgan fingerprint density at radius 1 is 1.06 bits per heavy atom. The van der Waals surface area contributed by atoms with E-state index in [-0.39, 0.29) is 51.1 Å². The molecule has 3 amide bonds. The van der Waals surface area contributed by atoms with Gasteiger partial charge in [-0.2, -0.15) is 0 Å². The third kappa shape index (κ3) is 6.87. The molecule has 0 aliphatic heterocycles. The highest BCUT2D eigenvalue weighted by Crippen LogP contribution is 2.34. The van der Waals surface area contributed by atoms with Gasteiger partial charge in [-0.05, 0) is 44.9 Å². The topological polar surface area (TPSA) is 145 Å². The van der Waals surface area contributed by atoms with Crippen molar-refractivity contribution < 1.29 is 37.1 Å². The maximum atomic E-state index is 12.6. The van der Waals surface area contributed by atoms with Crippen molar-refractivity contribution in [1.82, 2.24) is 5.32 Å². The van der Waals surface area contributed by atoms with Gasteiger partial charge in [0, 0.05) is 6.42 Å². The molecule has 1 heterocycles. The summed E-state index contributed by atoms with van der Waals surface area (Å²) in [7, 11) is -2.47. The average molecular weight is 511 g/mol. The highest BCUT2D eigenvalue weighted by molar-refractivity contribution is 7.91. The van der Waals surface area contributed by atoms with E-state index >= 15 is 0 Å². The number of sulfone groups is 1. The van der Waals surface area contributed by atoms with Crippen LogP contribution in [0, 0.1) is 13.8 Å². The lowest BCUT2D eigenvalue weighted by Gasteiger charge is -2.08. The molecule has 0 saturated carbocycles. The molecule has 12 heteroatoms. The van der Waals surface area contributed by atoms with Crippen molar-refractivity contribution in [1.29, 1.82) is 0 Å². The summed E-state index contributed by atoms with van der Waals surface area (Å²) in [6.07, 6.45) is -1.11. The van der Waals surface area contributed by atoms with E-state index < -0.39 is 33.7 Å². The Hall–Kier alpha value is -3.25. The minimum atomic E-state index is -3.56. The molecule has 10 nitrogen and oxygen atoms in total. The fourth-order valence-electron chi connectivity index (χ4n) is 2.95. The van der Waals surface area contributed by atoms with Crippen LogP contribution in [0.15, 0.2) is 29.2 Å². The van der Waals surface area contributed by atoms with Gasteiger partial charge in [0.25, 0.3) is 5.91 Å². The Morgan fingerprint density at radius 2 is 1.71 bits per heavy atom. The van der Waals surface area contributed by atoms with Gasteiger partial charge in [0.2, 0.25) is 5.91 Å². The largest absolute Gasteiger partial charge is 0.462 e. The Labute approximate surface area is 201 Å². The number of esters is 1. The first kappa shape index (κ1) is 27.0. The zero-order chi connectivity index (χ0) is 25.5. The number of carbonyl (C=O) groups excluding carboxylic acids is 4. The van der Waals surface area contributed by atoms with Crippen LogP contribution in [0.5, 0.6) is 0 Å². The Bertz CT molecular complexity index is 1180. The number of alkyl carbamates (subject to hydrolysis) is 1. The molecule has 0 aliphatic rings. The first-order valence-corrected chi connectivity index (χ1v) is 12.8. The van der Waals surface area contributed by atoms with Crippen LogP contribution in [0.1, 0.15) is 50.9 Å². The molecule has 2 rings (SSSR count). The molecule has 34 heavy (non-hydrogen) atoms. The fourth-order valence-corrected chi connectivity index (χ4v) is 5.37. The Morgan fingerprint density at radius 3 is 2.29 bits per heavy atom. The second-order valence-corrected chi connectivity index (χ2v) is 10.3. The maximum Gasteiger partial charge on any atom is 0.413 e. The summed E-state index contributed by atoms with van der Waals surface area (Å²) in [4.78, 5) is 49.1. The summed E-state index contributed by atoms with van der Waals surface area (Å²) in [5.74, 6) is -2.34. The van der Waals surface area contributed by atoms with E-state index in [0.717, 1.165) is 24.0 Å². The summed E-state index contributed by atoms with van der Waals surface area (Å²) in [6, 6.07) is 6.42. The molecule has 0 aliphatic carbocycles. The fraction of sp³-hybridized carbons (Fsp3) is 0.364. The van der Waals surface area contributed by atoms with E-state index in [4.69, 9.17) is 4.74 Å². The third-order valence-electron chi connectivity index (χ3n) is 4.69. The van der Waals surface area contributed by atoms with Gasteiger partial charge in [0.1, 0.15) is 9.88 Å². The second kappa shape index (κ2) is 11.7. The summed E-state index contributed by atoms with van der Waals surface area (Å²) in [6.45, 7) is 5.06. The van der Waals surface area contributed by atoms with E-state index in [1.165, 1.54) is 19.1 Å². The minimum absolute atomic E-state index is 0.0355. The lowest BCUT2D eigenvalue weighted by molar-refractivity contribution is -0.116. The molecule has 1 aromatic heterocycles. The summed E-state index contributed by atoms with van der Waals surface area (Å²) in [5, 5.41) is 4.57. The zero-order valence-corrected chi connectivity index (χ0v) is 20.9. The minimum Gasteiger partial charge on any atom is -0.462 e. The average Bonchev–Trinajstić information content (AvgIpc) is 3.09. The number of rotatable bonds is 9. The molecule has 2 N–H and O–H groups in total. The van der Waals surface area contributed by atoms with Gasteiger partial charge in [-0.3, -0.25) is 14.9 Å². The molecule has 184 valence electrons. The molecule has 0 bridgehead atoms. The number of anilines is 1. The number of aryl methyl sites for hydroxylation is 1. The smallest absolute Gasteiger partial charge is 0.413 e. The predicted molar refractivity (Wildman–Crippen MR) is 126 cm³/mol. The molecule has 1 aromatic carbocycles. The van der Waals surface area contributed by atoms with Crippen molar-refractivity contribution in [3.63, 3.8) is 0 Å². The number of benzene rings is 1. The number of carbonyl (C=O) groups is 4. The van der Waals surface area contributed by atoms with E-state index in [9.17, 15) is 27.6 Å². The molecule has 2 aromatic rings. The highest BCUT2D eigenvalue weighted by Gasteiger charge is 2.27. The number of nitrogens with one attached hydrogen (secondary N) is 2. The van der Waals surface area contributed by atoms with Crippen LogP contribution in [0.4, 0.5) is 9.80 Å². The monoisotopic (exact) mass is 510 g/mol. The zero-order valence-electron chi connectivity index (χ0n) is 19.2. The predicted octanol–water partition coefficient (Wildman–Crippen LogP) is 3.23. The van der Waals surface area contributed by atoms with Crippen molar-refractivity contribution >= 4 is 50.1 Å². The molecule has 0 spiro atoms. The van der Waals surface area contributed by atoms with Gasteiger partial charge < -0.3 is 14.8 Å². The van der Waals surface area contributed by atoms with Crippen LogP contribution in [0.2, 0.25) is 0 Å². The normalized spacial score (nSPS) is 10.9. The van der Waals surface area contributed by atoms with Crippen molar-refractivity contribution in [2.75, 3.05) is 24.8 Å². The van der Waals surface area contributed by atoms with Crippen LogP contribution >= 0.6 is 11.3 Å². The number of hydrogen-bond acceptors (Lipinski definition) is 9. The standard InChI is InChI=1S/C22H26N2O8S2/c1-5-32-21(27)18-14(3)17(19(26)24-22(28)31-4)20(33-18)23-16(25)7-6-12-34(29,30)15-10-8-13(2)9-11-15/h8-11H,5-7,12H2,1-4H3,(H,23,25)(H,24,26,28). The van der Waals surface area contributed by atoms with E-state index in [0.29, 0.717) is 0 Å². The van der Waals surface area contributed by atoms with Crippen molar-refractivity contribution in [2.24, 2.45) is 0 Å². The first-order valence-electron chi connectivity index (χ1n) is 10.3. The van der Waals surface area contributed by atoms with Crippen LogP contribution in [0.25, 0.3) is 0 Å². The van der Waals surface area contributed by atoms with E-state index in [2.05, 4.69) is 10.1 Å². The quantitative estimate of drug-likeness (QED) is 0.489. The van der Waals surface area contributed by atoms with Crippen molar-refractivity contribution in [2.45, 2.75) is 38.5 Å². The summed E-state index contributed by atoms with van der Waals surface area (Å²) >= 11 is 0.825. The second-order valence-electron chi connectivity index (χ2n) is 7.21. The lowest BCUT2D eigenvalue weighted by Crippen LogP contribution is -2.31. The highest BCUT2D eigenvalue weighted by atomic mass is 32.2. The molecule has 0 radical (unpaired) electrons.